The summed E-state index contributed by atoms with van der Waals surface area (Å²) in [6, 6.07) is 6.96. The summed E-state index contributed by atoms with van der Waals surface area (Å²) in [4.78, 5) is 38.1. The summed E-state index contributed by atoms with van der Waals surface area (Å²) in [7, 11) is 1.44. The number of phenols is 1. The predicted octanol–water partition coefficient (Wildman–Crippen LogP) is 6.60. The van der Waals surface area contributed by atoms with Gasteiger partial charge in [-0.3, -0.25) is 9.59 Å². The number of carbonyl (C=O) groups is 3. The first-order valence-corrected chi connectivity index (χ1v) is 14.5. The largest absolute Gasteiger partial charge is 0.507 e. The fourth-order valence-corrected chi connectivity index (χ4v) is 6.20. The Balaban J connectivity index is 1.59. The minimum absolute atomic E-state index is 0.0723. The first-order chi connectivity index (χ1) is 20.7. The molecule has 8 nitrogen and oxygen atoms in total. The van der Waals surface area contributed by atoms with E-state index in [0.29, 0.717) is 17.8 Å². The fourth-order valence-electron chi connectivity index (χ4n) is 6.20. The number of nitrogens with zero attached hydrogens (tertiary/aromatic N) is 1. The van der Waals surface area contributed by atoms with E-state index in [2.05, 4.69) is 25.7 Å². The minimum atomic E-state index is -4.74. The van der Waals surface area contributed by atoms with Crippen LogP contribution in [-0.4, -0.2) is 51.7 Å². The molecule has 0 spiro atoms. The zero-order valence-corrected chi connectivity index (χ0v) is 24.9. The van der Waals surface area contributed by atoms with Crippen LogP contribution < -0.4 is 5.32 Å². The Morgan fingerprint density at radius 2 is 1.89 bits per heavy atom. The summed E-state index contributed by atoms with van der Waals surface area (Å²) >= 11 is 0. The number of hydrogen-bond donors (Lipinski definition) is 3. The lowest BCUT2D eigenvalue weighted by molar-refractivity contribution is -0.137. The summed E-state index contributed by atoms with van der Waals surface area (Å²) in [6.07, 6.45) is -0.436. The number of fused-ring (bicyclic) bond motifs is 1. The molecule has 0 saturated heterocycles. The van der Waals surface area contributed by atoms with E-state index in [1.54, 1.807) is 0 Å². The normalized spacial score (nSPS) is 18.8. The van der Waals surface area contributed by atoms with Crippen LogP contribution in [0.15, 0.2) is 49.1 Å². The van der Waals surface area contributed by atoms with Gasteiger partial charge in [-0.15, -0.1) is 6.58 Å². The molecule has 1 heterocycles. The molecule has 0 aliphatic heterocycles. The summed E-state index contributed by atoms with van der Waals surface area (Å²) < 4.78 is 49.4. The zero-order valence-electron chi connectivity index (χ0n) is 24.9. The van der Waals surface area contributed by atoms with Gasteiger partial charge in [0.25, 0.3) is 0 Å². The lowest BCUT2D eigenvalue weighted by Gasteiger charge is -2.37. The molecule has 3 N–H and O–H groups in total. The van der Waals surface area contributed by atoms with E-state index in [4.69, 9.17) is 4.74 Å². The molecule has 3 atom stereocenters. The Labute approximate surface area is 253 Å². The molecule has 236 valence electrons. The van der Waals surface area contributed by atoms with Crippen molar-refractivity contribution in [2.24, 2.45) is 24.8 Å². The Bertz CT molecular complexity index is 1580. The summed E-state index contributed by atoms with van der Waals surface area (Å²) in [5.41, 5.74) is -1.80. The van der Waals surface area contributed by atoms with Crippen LogP contribution in [-0.2, 0) is 22.8 Å². The van der Waals surface area contributed by atoms with Gasteiger partial charge in [0, 0.05) is 37.0 Å². The van der Waals surface area contributed by atoms with Gasteiger partial charge in [-0.1, -0.05) is 38.1 Å². The van der Waals surface area contributed by atoms with Crippen molar-refractivity contribution in [3.8, 4) is 17.0 Å². The Kier molecular flexibility index (Phi) is 9.88. The van der Waals surface area contributed by atoms with E-state index in [0.717, 1.165) is 37.5 Å². The van der Waals surface area contributed by atoms with Crippen LogP contribution in [0.5, 0.6) is 5.75 Å². The molecule has 3 aromatic rings. The van der Waals surface area contributed by atoms with Crippen LogP contribution in [0.4, 0.5) is 13.2 Å². The van der Waals surface area contributed by atoms with Crippen LogP contribution in [0, 0.1) is 17.8 Å². The van der Waals surface area contributed by atoms with Gasteiger partial charge in [0.2, 0.25) is 5.91 Å². The number of allylic oxidation sites excluding steroid dienone is 1. The number of carbonyl (C=O) groups excluding carboxylic acids is 2. The lowest BCUT2D eigenvalue weighted by Crippen LogP contribution is -2.38. The first kappa shape index (κ1) is 32.8. The van der Waals surface area contributed by atoms with Crippen LogP contribution >= 0.6 is 0 Å². The highest BCUT2D eigenvalue weighted by molar-refractivity contribution is 6.15. The number of carboxylic acids is 1. The summed E-state index contributed by atoms with van der Waals surface area (Å²) in [5, 5.41) is 22.6. The van der Waals surface area contributed by atoms with Crippen LogP contribution in [0.1, 0.15) is 65.8 Å². The third-order valence-electron chi connectivity index (χ3n) is 8.49. The SMILES string of the molecule is C=C[C@H]1CC[C@H](C(C)C)C(OCC(=O)NCCC(=O)c2c(-c3ccccc3C(F)(F)F)n(C)c3cc(O)c(C(=O)O)cc23)C1. The van der Waals surface area contributed by atoms with Gasteiger partial charge in [-0.05, 0) is 49.1 Å². The predicted molar refractivity (Wildman–Crippen MR) is 160 cm³/mol. The molecule has 44 heavy (non-hydrogen) atoms. The van der Waals surface area contributed by atoms with Gasteiger partial charge in [-0.25, -0.2) is 4.79 Å². The number of aromatic hydroxyl groups is 1. The highest BCUT2D eigenvalue weighted by Gasteiger charge is 2.36. The number of aromatic nitrogens is 1. The molecule has 2 aromatic carbocycles. The van der Waals surface area contributed by atoms with E-state index in [1.807, 2.05) is 6.08 Å². The lowest BCUT2D eigenvalue weighted by atomic mass is 9.75. The van der Waals surface area contributed by atoms with E-state index >= 15 is 0 Å². The number of hydrogen-bond acceptors (Lipinski definition) is 5. The molecule has 1 fully saturated rings. The molecule has 1 aliphatic carbocycles. The van der Waals surface area contributed by atoms with Crippen LogP contribution in [0.2, 0.25) is 0 Å². The second-order valence-corrected chi connectivity index (χ2v) is 11.6. The molecular formula is C33H37F3N2O6. The standard InChI is InChI=1S/C33H37F3N2O6/c1-5-19-10-11-20(18(2)3)28(14-19)44-17-29(41)37-13-12-26(39)30-22-15-23(32(42)43)27(40)16-25(22)38(4)31(30)21-8-6-7-9-24(21)33(34,35)36/h5-9,15-16,18-20,28,40H,1,10-14,17H2,2-4H3,(H,37,41)(H,42,43)/t19-,20+,28?/m0/s1. The fraction of sp³-hybridized carbons (Fsp3) is 0.424. The van der Waals surface area contributed by atoms with Crippen LogP contribution in [0.3, 0.4) is 0 Å². The number of ketones is 1. The molecule has 0 radical (unpaired) electrons. The first-order valence-electron chi connectivity index (χ1n) is 14.5. The highest BCUT2D eigenvalue weighted by Crippen LogP contribution is 2.42. The van der Waals surface area contributed by atoms with Crippen molar-refractivity contribution >= 4 is 28.6 Å². The van der Waals surface area contributed by atoms with Crippen molar-refractivity contribution < 1.29 is 42.5 Å². The number of rotatable bonds is 11. The minimum Gasteiger partial charge on any atom is -0.507 e. The molecule has 0 bridgehead atoms. The number of nitrogens with one attached hydrogen (secondary N) is 1. The van der Waals surface area contributed by atoms with Crippen molar-refractivity contribution in [1.29, 1.82) is 0 Å². The van der Waals surface area contributed by atoms with Gasteiger partial charge in [-0.2, -0.15) is 13.2 Å². The summed E-state index contributed by atoms with van der Waals surface area (Å²) in [5.74, 6) is -2.09. The van der Waals surface area contributed by atoms with Crippen molar-refractivity contribution in [2.45, 2.75) is 51.8 Å². The molecule has 1 aromatic heterocycles. The number of halogens is 3. The molecule has 11 heteroatoms. The van der Waals surface area contributed by atoms with E-state index < -0.39 is 40.7 Å². The Hall–Kier alpha value is -4.12. The zero-order chi connectivity index (χ0) is 32.3. The van der Waals surface area contributed by atoms with Gasteiger partial charge < -0.3 is 24.8 Å². The monoisotopic (exact) mass is 614 g/mol. The van der Waals surface area contributed by atoms with Gasteiger partial charge in [0.15, 0.2) is 5.78 Å². The van der Waals surface area contributed by atoms with Gasteiger partial charge >= 0.3 is 12.1 Å². The molecule has 1 saturated carbocycles. The number of aryl methyl sites for hydroxylation is 1. The van der Waals surface area contributed by atoms with Crippen molar-refractivity contribution in [3.05, 3.63) is 65.7 Å². The van der Waals surface area contributed by atoms with E-state index in [1.165, 1.54) is 29.8 Å². The van der Waals surface area contributed by atoms with Crippen molar-refractivity contribution in [1.82, 2.24) is 9.88 Å². The van der Waals surface area contributed by atoms with Crippen molar-refractivity contribution in [3.63, 3.8) is 0 Å². The second kappa shape index (κ2) is 13.3. The molecule has 1 unspecified atom stereocenters. The number of Topliss-reactive ketones (excluding diaryl/α,β-unsaturated/α-hetero) is 1. The second-order valence-electron chi connectivity index (χ2n) is 11.6. The topological polar surface area (TPSA) is 118 Å². The number of aromatic carboxylic acids is 1. The summed E-state index contributed by atoms with van der Waals surface area (Å²) in [6.45, 7) is 7.80. The van der Waals surface area contributed by atoms with E-state index in [-0.39, 0.29) is 53.4 Å². The van der Waals surface area contributed by atoms with Gasteiger partial charge in [0.1, 0.15) is 17.9 Å². The number of amides is 1. The van der Waals surface area contributed by atoms with Gasteiger partial charge in [0.05, 0.1) is 28.4 Å². The maximum absolute atomic E-state index is 14.0. The van der Waals surface area contributed by atoms with Crippen LogP contribution in [0.25, 0.3) is 22.2 Å². The number of benzene rings is 2. The Morgan fingerprint density at radius 3 is 2.52 bits per heavy atom. The molecule has 4 rings (SSSR count). The molecular weight excluding hydrogens is 577 g/mol. The molecule has 1 amide bonds. The smallest absolute Gasteiger partial charge is 0.417 e. The quantitative estimate of drug-likeness (QED) is 0.166. The third-order valence-corrected chi connectivity index (χ3v) is 8.49. The highest BCUT2D eigenvalue weighted by atomic mass is 19.4. The number of alkyl halides is 3. The Morgan fingerprint density at radius 1 is 1.18 bits per heavy atom. The number of ether oxygens (including phenoxy) is 1. The average Bonchev–Trinajstić information content (AvgIpc) is 3.25. The van der Waals surface area contributed by atoms with E-state index in [9.17, 15) is 37.8 Å². The molecule has 1 aliphatic rings. The maximum Gasteiger partial charge on any atom is 0.417 e. The third kappa shape index (κ3) is 6.83. The maximum atomic E-state index is 14.0. The van der Waals surface area contributed by atoms with Crippen molar-refractivity contribution in [2.75, 3.05) is 13.2 Å². The number of carboxylic acid groups (broad SMARTS) is 1. The average molecular weight is 615 g/mol.